The standard InChI is InChI=1S/C17H21N3O2S/c21-17(22)12-14-13-23-16(18-14)6-7-19-8-10-20(11-9-19)15-4-2-1-3-5-15/h1-5,13H,6-12H2,(H,21,22). The summed E-state index contributed by atoms with van der Waals surface area (Å²) in [6.07, 6.45) is 0.831. The fraction of sp³-hybridized carbons (Fsp3) is 0.412. The summed E-state index contributed by atoms with van der Waals surface area (Å²) in [6, 6.07) is 10.6. The molecule has 1 saturated heterocycles. The molecule has 1 aliphatic heterocycles. The zero-order valence-electron chi connectivity index (χ0n) is 13.0. The molecule has 6 heteroatoms. The van der Waals surface area contributed by atoms with Crippen LogP contribution in [0.5, 0.6) is 0 Å². The third-order valence-electron chi connectivity index (χ3n) is 4.21. The zero-order valence-corrected chi connectivity index (χ0v) is 13.8. The van der Waals surface area contributed by atoms with Crippen LogP contribution in [-0.2, 0) is 17.6 Å². The number of nitrogens with one attached hydrogen (secondary N) is 1. The van der Waals surface area contributed by atoms with Crippen molar-refractivity contribution < 1.29 is 14.8 Å². The molecular formula is C17H21N3O2S. The van der Waals surface area contributed by atoms with Crippen LogP contribution in [0.15, 0.2) is 35.7 Å². The van der Waals surface area contributed by atoms with Crippen LogP contribution in [0, 0.1) is 0 Å². The lowest BCUT2D eigenvalue weighted by Gasteiger charge is -2.33. The molecule has 2 heterocycles. The summed E-state index contributed by atoms with van der Waals surface area (Å²) >= 11 is 1.55. The number of rotatable bonds is 6. The average molecular weight is 331 g/mol. The molecular weight excluding hydrogens is 310 g/mol. The Morgan fingerprint density at radius 3 is 2.70 bits per heavy atom. The maximum absolute atomic E-state index is 10.6. The van der Waals surface area contributed by atoms with Gasteiger partial charge in [-0.3, -0.25) is 0 Å². The fourth-order valence-corrected chi connectivity index (χ4v) is 3.74. The van der Waals surface area contributed by atoms with E-state index in [0.717, 1.165) is 44.2 Å². The predicted molar refractivity (Wildman–Crippen MR) is 88.7 cm³/mol. The number of piperazine rings is 1. The Balaban J connectivity index is 1.44. The van der Waals surface area contributed by atoms with Crippen molar-refractivity contribution in [1.82, 2.24) is 4.98 Å². The number of carboxylic acids is 1. The molecule has 0 saturated carbocycles. The van der Waals surface area contributed by atoms with Gasteiger partial charge in [-0.15, -0.1) is 11.3 Å². The summed E-state index contributed by atoms with van der Waals surface area (Å²) in [6.45, 7) is 5.47. The summed E-state index contributed by atoms with van der Waals surface area (Å²) in [4.78, 5) is 19.0. The average Bonchev–Trinajstić information content (AvgIpc) is 3.01. The number of para-hydroxylation sites is 1. The third kappa shape index (κ3) is 4.53. The maximum atomic E-state index is 10.6. The Labute approximate surface area is 140 Å². The number of hydrogen-bond donors (Lipinski definition) is 1. The number of thiazole rings is 1. The Kier molecular flexibility index (Phi) is 5.25. The topological polar surface area (TPSA) is 60.7 Å². The van der Waals surface area contributed by atoms with Crippen LogP contribution in [-0.4, -0.2) is 43.7 Å². The number of carboxylic acid groups (broad SMARTS) is 1. The van der Waals surface area contributed by atoms with Crippen molar-refractivity contribution in [3.05, 3.63) is 46.4 Å². The molecule has 23 heavy (non-hydrogen) atoms. The molecule has 122 valence electrons. The highest BCUT2D eigenvalue weighted by atomic mass is 32.1. The molecule has 0 unspecified atom stereocenters. The number of aliphatic carboxylic acids is 1. The lowest BCUT2D eigenvalue weighted by atomic mass is 10.2. The van der Waals surface area contributed by atoms with E-state index in [0.29, 0.717) is 5.69 Å². The summed E-state index contributed by atoms with van der Waals surface area (Å²) < 4.78 is 0. The van der Waals surface area contributed by atoms with E-state index in [9.17, 15) is 9.90 Å². The number of carbonyl (C=O) groups excluding carboxylic acids is 1. The van der Waals surface area contributed by atoms with Gasteiger partial charge in [-0.1, -0.05) is 18.2 Å². The lowest BCUT2D eigenvalue weighted by Crippen LogP contribution is -3.15. The fourth-order valence-electron chi connectivity index (χ4n) is 2.95. The van der Waals surface area contributed by atoms with Gasteiger partial charge in [-0.25, -0.2) is 4.98 Å². The Morgan fingerprint density at radius 2 is 2.00 bits per heavy atom. The van der Waals surface area contributed by atoms with Crippen LogP contribution in [0.3, 0.4) is 0 Å². The van der Waals surface area contributed by atoms with E-state index < -0.39 is 5.97 Å². The van der Waals surface area contributed by atoms with E-state index in [4.69, 9.17) is 0 Å². The SMILES string of the molecule is O=C([O-])Cc1csc(CC[NH+]2CCN(c3ccccc3)CC2)n1. The van der Waals surface area contributed by atoms with Gasteiger partial charge in [-0.05, 0) is 12.1 Å². The highest BCUT2D eigenvalue weighted by Crippen LogP contribution is 2.13. The van der Waals surface area contributed by atoms with Gasteiger partial charge in [0.15, 0.2) is 0 Å². The van der Waals surface area contributed by atoms with E-state index >= 15 is 0 Å². The summed E-state index contributed by atoms with van der Waals surface area (Å²) in [7, 11) is 0. The largest absolute Gasteiger partial charge is 0.550 e. The van der Waals surface area contributed by atoms with Gasteiger partial charge in [0.05, 0.1) is 43.4 Å². The molecule has 2 aromatic rings. The van der Waals surface area contributed by atoms with Gasteiger partial charge in [-0.2, -0.15) is 0 Å². The molecule has 1 fully saturated rings. The third-order valence-corrected chi connectivity index (χ3v) is 5.17. The van der Waals surface area contributed by atoms with Crippen LogP contribution in [0.4, 0.5) is 5.69 Å². The number of hydrogen-bond acceptors (Lipinski definition) is 5. The molecule has 0 amide bonds. The van der Waals surface area contributed by atoms with Crippen molar-refractivity contribution in [2.45, 2.75) is 12.8 Å². The quantitative estimate of drug-likeness (QED) is 0.767. The monoisotopic (exact) mass is 331 g/mol. The van der Waals surface area contributed by atoms with Gasteiger partial charge in [0.1, 0.15) is 0 Å². The van der Waals surface area contributed by atoms with Gasteiger partial charge in [0.2, 0.25) is 0 Å². The highest BCUT2D eigenvalue weighted by Gasteiger charge is 2.20. The van der Waals surface area contributed by atoms with Gasteiger partial charge >= 0.3 is 0 Å². The predicted octanol–water partition coefficient (Wildman–Crippen LogP) is -0.617. The second-order valence-electron chi connectivity index (χ2n) is 5.85. The summed E-state index contributed by atoms with van der Waals surface area (Å²) in [5, 5.41) is 13.4. The van der Waals surface area contributed by atoms with Gasteiger partial charge < -0.3 is 19.7 Å². The van der Waals surface area contributed by atoms with Gasteiger partial charge in [0.25, 0.3) is 0 Å². The first-order valence-corrected chi connectivity index (χ1v) is 8.85. The molecule has 0 spiro atoms. The number of aromatic nitrogens is 1. The van der Waals surface area contributed by atoms with Crippen LogP contribution >= 0.6 is 11.3 Å². The number of carbonyl (C=O) groups is 1. The first-order valence-electron chi connectivity index (χ1n) is 7.97. The Morgan fingerprint density at radius 1 is 1.26 bits per heavy atom. The first-order chi connectivity index (χ1) is 11.2. The van der Waals surface area contributed by atoms with Crippen molar-refractivity contribution in [3.8, 4) is 0 Å². The second-order valence-corrected chi connectivity index (χ2v) is 6.80. The van der Waals surface area contributed by atoms with E-state index in [-0.39, 0.29) is 6.42 Å². The molecule has 1 aliphatic rings. The van der Waals surface area contributed by atoms with E-state index in [2.05, 4.69) is 34.1 Å². The minimum atomic E-state index is -1.07. The van der Waals surface area contributed by atoms with Gasteiger partial charge in [0, 0.05) is 29.9 Å². The van der Waals surface area contributed by atoms with Crippen molar-refractivity contribution >= 4 is 23.0 Å². The van der Waals surface area contributed by atoms with E-state index in [1.54, 1.807) is 16.2 Å². The molecule has 5 nitrogen and oxygen atoms in total. The number of quaternary nitrogens is 1. The molecule has 1 N–H and O–H groups in total. The highest BCUT2D eigenvalue weighted by molar-refractivity contribution is 7.09. The normalized spacial score (nSPS) is 15.7. The van der Waals surface area contributed by atoms with Crippen molar-refractivity contribution in [2.75, 3.05) is 37.6 Å². The van der Waals surface area contributed by atoms with Crippen LogP contribution in [0.1, 0.15) is 10.7 Å². The minimum absolute atomic E-state index is 0.0842. The number of anilines is 1. The van der Waals surface area contributed by atoms with Crippen LogP contribution in [0.25, 0.3) is 0 Å². The van der Waals surface area contributed by atoms with E-state index in [1.807, 2.05) is 11.4 Å². The lowest BCUT2D eigenvalue weighted by molar-refractivity contribution is -0.900. The molecule has 0 aliphatic carbocycles. The smallest absolute Gasteiger partial charge is 0.0984 e. The van der Waals surface area contributed by atoms with E-state index in [1.165, 1.54) is 5.69 Å². The molecule has 1 aromatic heterocycles. The molecule has 3 rings (SSSR count). The van der Waals surface area contributed by atoms with Crippen LogP contribution < -0.4 is 14.9 Å². The molecule has 0 radical (unpaired) electrons. The van der Waals surface area contributed by atoms with Crippen LogP contribution in [0.2, 0.25) is 0 Å². The molecule has 0 bridgehead atoms. The Hall–Kier alpha value is -1.92. The van der Waals surface area contributed by atoms with Crippen molar-refractivity contribution in [3.63, 3.8) is 0 Å². The summed E-state index contributed by atoms with van der Waals surface area (Å²) in [5.74, 6) is -1.07. The number of benzene rings is 1. The first kappa shape index (κ1) is 16.0. The summed E-state index contributed by atoms with van der Waals surface area (Å²) in [5.41, 5.74) is 1.92. The Bertz CT molecular complexity index is 636. The molecule has 1 aromatic carbocycles. The van der Waals surface area contributed by atoms with Crippen molar-refractivity contribution in [2.24, 2.45) is 0 Å². The second kappa shape index (κ2) is 7.57. The number of nitrogens with zero attached hydrogens (tertiary/aromatic N) is 2. The zero-order chi connectivity index (χ0) is 16.1. The maximum Gasteiger partial charge on any atom is 0.0984 e. The van der Waals surface area contributed by atoms with Crippen molar-refractivity contribution in [1.29, 1.82) is 0 Å². The molecule has 0 atom stereocenters. The minimum Gasteiger partial charge on any atom is -0.550 e.